The van der Waals surface area contributed by atoms with E-state index in [0.717, 1.165) is 5.39 Å². The van der Waals surface area contributed by atoms with Gasteiger partial charge in [-0.15, -0.1) is 0 Å². The summed E-state index contributed by atoms with van der Waals surface area (Å²) in [5.74, 6) is 0. The van der Waals surface area contributed by atoms with Gasteiger partial charge in [-0.2, -0.15) is 4.31 Å². The van der Waals surface area contributed by atoms with E-state index in [2.05, 4.69) is 4.98 Å². The highest BCUT2D eigenvalue weighted by Crippen LogP contribution is 2.26. The Morgan fingerprint density at radius 2 is 2.23 bits per heavy atom. The van der Waals surface area contributed by atoms with Crippen molar-refractivity contribution in [2.75, 3.05) is 19.7 Å². The van der Waals surface area contributed by atoms with Crippen molar-refractivity contribution < 1.29 is 13.2 Å². The summed E-state index contributed by atoms with van der Waals surface area (Å²) in [5, 5.41) is 1.49. The van der Waals surface area contributed by atoms with Crippen molar-refractivity contribution in [3.8, 4) is 0 Å². The van der Waals surface area contributed by atoms with Gasteiger partial charge in [0.2, 0.25) is 10.0 Å². The van der Waals surface area contributed by atoms with Crippen molar-refractivity contribution in [3.05, 3.63) is 36.7 Å². The van der Waals surface area contributed by atoms with Crippen LogP contribution >= 0.6 is 0 Å². The minimum atomic E-state index is -3.59. The van der Waals surface area contributed by atoms with Crippen LogP contribution in [0.2, 0.25) is 0 Å². The lowest BCUT2D eigenvalue weighted by Crippen LogP contribution is -2.51. The van der Waals surface area contributed by atoms with E-state index >= 15 is 0 Å². The zero-order chi connectivity index (χ0) is 15.7. The fourth-order valence-corrected chi connectivity index (χ4v) is 4.29. The Labute approximate surface area is 129 Å². The molecule has 22 heavy (non-hydrogen) atoms. The molecule has 1 aliphatic rings. The first-order valence-electron chi connectivity index (χ1n) is 7.20. The molecule has 0 bridgehead atoms. The summed E-state index contributed by atoms with van der Waals surface area (Å²) in [5.41, 5.74) is 5.85. The number of benzene rings is 1. The molecule has 0 amide bonds. The number of aromatic nitrogens is 1. The number of nitrogens with two attached hydrogens (primary N) is 1. The molecule has 0 spiro atoms. The first-order chi connectivity index (χ1) is 10.5. The minimum absolute atomic E-state index is 0.213. The first-order valence-corrected chi connectivity index (χ1v) is 8.64. The van der Waals surface area contributed by atoms with E-state index in [9.17, 15) is 8.42 Å². The molecular weight excluding hydrogens is 302 g/mol. The summed E-state index contributed by atoms with van der Waals surface area (Å²) in [7, 11) is -3.59. The average molecular weight is 321 g/mol. The number of fused-ring (bicyclic) bond motifs is 1. The topological polar surface area (TPSA) is 85.5 Å². The largest absolute Gasteiger partial charge is 0.374 e. The highest BCUT2D eigenvalue weighted by atomic mass is 32.2. The maximum atomic E-state index is 13.0. The fraction of sp³-hybridized carbons (Fsp3) is 0.400. The van der Waals surface area contributed by atoms with Crippen LogP contribution in [0.5, 0.6) is 0 Å². The van der Waals surface area contributed by atoms with Crippen LogP contribution in [-0.2, 0) is 14.8 Å². The predicted molar refractivity (Wildman–Crippen MR) is 83.9 cm³/mol. The van der Waals surface area contributed by atoms with Gasteiger partial charge in [0.15, 0.2) is 0 Å². The molecule has 1 aliphatic heterocycles. The van der Waals surface area contributed by atoms with Crippen molar-refractivity contribution in [2.24, 2.45) is 5.73 Å². The Morgan fingerprint density at radius 3 is 3.00 bits per heavy atom. The van der Waals surface area contributed by atoms with E-state index in [4.69, 9.17) is 10.5 Å². The van der Waals surface area contributed by atoms with E-state index < -0.39 is 10.0 Å². The number of hydrogen-bond acceptors (Lipinski definition) is 5. The number of sulfonamides is 1. The van der Waals surface area contributed by atoms with Gasteiger partial charge in [0.05, 0.1) is 17.6 Å². The number of morpholine rings is 1. The number of hydrogen-bond donors (Lipinski definition) is 1. The van der Waals surface area contributed by atoms with E-state index in [0.29, 0.717) is 23.4 Å². The number of rotatable bonds is 3. The molecule has 0 radical (unpaired) electrons. The maximum absolute atomic E-state index is 13.0. The minimum Gasteiger partial charge on any atom is -0.374 e. The standard InChI is InChI=1S/C15H19N3O3S/c1-11(16)14-10-18(7-8-21-14)22(19,20)15-4-2-3-12-9-17-6-5-13(12)15/h2-6,9,11,14H,7-8,10,16H2,1H3. The molecule has 2 aromatic rings. The molecule has 0 aliphatic carbocycles. The Morgan fingerprint density at radius 1 is 1.41 bits per heavy atom. The lowest BCUT2D eigenvalue weighted by molar-refractivity contribution is -0.0119. The second kappa shape index (κ2) is 5.92. The van der Waals surface area contributed by atoms with Gasteiger partial charge in [0.25, 0.3) is 0 Å². The summed E-state index contributed by atoms with van der Waals surface area (Å²) in [6.45, 7) is 2.80. The average Bonchev–Trinajstić information content (AvgIpc) is 2.54. The van der Waals surface area contributed by atoms with Crippen molar-refractivity contribution in [1.82, 2.24) is 9.29 Å². The Bertz CT molecular complexity index is 771. The second-order valence-electron chi connectivity index (χ2n) is 5.48. The van der Waals surface area contributed by atoms with Gasteiger partial charge in [-0.05, 0) is 19.1 Å². The number of pyridine rings is 1. The summed E-state index contributed by atoms with van der Waals surface area (Å²) >= 11 is 0. The van der Waals surface area contributed by atoms with Gasteiger partial charge in [-0.25, -0.2) is 8.42 Å². The number of nitrogens with zero attached hydrogens (tertiary/aromatic N) is 2. The van der Waals surface area contributed by atoms with Crippen molar-refractivity contribution in [2.45, 2.75) is 24.0 Å². The molecule has 2 heterocycles. The van der Waals surface area contributed by atoms with E-state index in [1.807, 2.05) is 13.0 Å². The number of ether oxygens (including phenoxy) is 1. The third kappa shape index (κ3) is 2.72. The van der Waals surface area contributed by atoms with E-state index in [-0.39, 0.29) is 18.7 Å². The van der Waals surface area contributed by atoms with Gasteiger partial charge < -0.3 is 10.5 Å². The van der Waals surface area contributed by atoms with Crippen LogP contribution in [0.1, 0.15) is 6.92 Å². The van der Waals surface area contributed by atoms with E-state index in [1.165, 1.54) is 4.31 Å². The van der Waals surface area contributed by atoms with Crippen molar-refractivity contribution in [3.63, 3.8) is 0 Å². The Balaban J connectivity index is 2.01. The third-order valence-corrected chi connectivity index (χ3v) is 5.82. The van der Waals surface area contributed by atoms with Crippen LogP contribution < -0.4 is 5.73 Å². The molecule has 1 fully saturated rings. The van der Waals surface area contributed by atoms with Crippen LogP contribution in [0.15, 0.2) is 41.6 Å². The van der Waals surface area contributed by atoms with E-state index in [1.54, 1.807) is 30.6 Å². The molecular formula is C15H19N3O3S. The quantitative estimate of drug-likeness (QED) is 0.910. The molecule has 118 valence electrons. The van der Waals surface area contributed by atoms with Crippen molar-refractivity contribution >= 4 is 20.8 Å². The summed E-state index contributed by atoms with van der Waals surface area (Å²) in [6, 6.07) is 6.74. The van der Waals surface area contributed by atoms with Crippen LogP contribution in [0.25, 0.3) is 10.8 Å². The molecule has 6 nitrogen and oxygen atoms in total. The van der Waals surface area contributed by atoms with Gasteiger partial charge in [-0.3, -0.25) is 4.98 Å². The molecule has 0 saturated carbocycles. The second-order valence-corrected chi connectivity index (χ2v) is 7.39. The monoisotopic (exact) mass is 321 g/mol. The van der Waals surface area contributed by atoms with Crippen LogP contribution in [0.4, 0.5) is 0 Å². The fourth-order valence-electron chi connectivity index (χ4n) is 2.64. The molecule has 1 aromatic carbocycles. The van der Waals surface area contributed by atoms with Crippen LogP contribution in [0.3, 0.4) is 0 Å². The zero-order valence-electron chi connectivity index (χ0n) is 12.3. The maximum Gasteiger partial charge on any atom is 0.243 e. The highest BCUT2D eigenvalue weighted by Gasteiger charge is 2.33. The van der Waals surface area contributed by atoms with Crippen LogP contribution in [0, 0.1) is 0 Å². The molecule has 7 heteroatoms. The summed E-state index contributed by atoms with van der Waals surface area (Å²) in [4.78, 5) is 4.34. The van der Waals surface area contributed by atoms with Gasteiger partial charge in [-0.1, -0.05) is 12.1 Å². The third-order valence-electron chi connectivity index (χ3n) is 3.90. The van der Waals surface area contributed by atoms with Gasteiger partial charge in [0.1, 0.15) is 0 Å². The highest BCUT2D eigenvalue weighted by molar-refractivity contribution is 7.89. The normalized spacial score (nSPS) is 21.8. The molecule has 1 aromatic heterocycles. The molecule has 2 unspecified atom stereocenters. The van der Waals surface area contributed by atoms with Crippen molar-refractivity contribution in [1.29, 1.82) is 0 Å². The molecule has 2 N–H and O–H groups in total. The molecule has 2 atom stereocenters. The predicted octanol–water partition coefficient (Wildman–Crippen LogP) is 0.971. The lowest BCUT2D eigenvalue weighted by atomic mass is 10.2. The zero-order valence-corrected chi connectivity index (χ0v) is 13.2. The Hall–Kier alpha value is -1.54. The Kier molecular flexibility index (Phi) is 4.14. The lowest BCUT2D eigenvalue weighted by Gasteiger charge is -2.34. The summed E-state index contributed by atoms with van der Waals surface area (Å²) in [6.07, 6.45) is 2.99. The van der Waals surface area contributed by atoms with Crippen LogP contribution in [-0.4, -0.2) is 49.5 Å². The molecule has 3 rings (SSSR count). The smallest absolute Gasteiger partial charge is 0.243 e. The SMILES string of the molecule is CC(N)C1CN(S(=O)(=O)c2cccc3cnccc23)CCO1. The molecule has 1 saturated heterocycles. The summed E-state index contributed by atoms with van der Waals surface area (Å²) < 4.78 is 33.0. The van der Waals surface area contributed by atoms with Gasteiger partial charge in [0, 0.05) is 42.3 Å². The first kappa shape index (κ1) is 15.4. The van der Waals surface area contributed by atoms with Gasteiger partial charge >= 0.3 is 0 Å².